The summed E-state index contributed by atoms with van der Waals surface area (Å²) in [5.41, 5.74) is 2.26. The standard InChI is InChI=1S/C20H25N3O2/c1-20(2,24)13-21-10-11-22-19-15-6-4-5-7-17(15)23-18-9-8-14(25-3)12-16(18)19/h4-9,12,21,24H,10-11,13H2,1-3H3,(H,22,23). The van der Waals surface area contributed by atoms with Crippen LogP contribution in [-0.4, -0.2) is 42.4 Å². The van der Waals surface area contributed by atoms with Gasteiger partial charge in [0.15, 0.2) is 0 Å². The zero-order chi connectivity index (χ0) is 17.9. The fourth-order valence-electron chi connectivity index (χ4n) is 2.86. The molecule has 0 aliphatic rings. The van der Waals surface area contributed by atoms with E-state index in [2.05, 4.69) is 16.7 Å². The third-order valence-corrected chi connectivity index (χ3v) is 4.05. The van der Waals surface area contributed by atoms with Crippen LogP contribution in [-0.2, 0) is 0 Å². The van der Waals surface area contributed by atoms with Gasteiger partial charge in [-0.2, -0.15) is 0 Å². The van der Waals surface area contributed by atoms with Gasteiger partial charge < -0.3 is 20.5 Å². The fraction of sp³-hybridized carbons (Fsp3) is 0.350. The Morgan fingerprint density at radius 3 is 2.56 bits per heavy atom. The number of pyridine rings is 1. The van der Waals surface area contributed by atoms with Crippen molar-refractivity contribution < 1.29 is 9.84 Å². The molecule has 132 valence electrons. The van der Waals surface area contributed by atoms with Gasteiger partial charge in [0.25, 0.3) is 0 Å². The van der Waals surface area contributed by atoms with Crippen molar-refractivity contribution in [3.05, 3.63) is 42.5 Å². The minimum absolute atomic E-state index is 0.556. The minimum Gasteiger partial charge on any atom is -0.497 e. The minimum atomic E-state index is -0.705. The zero-order valence-electron chi connectivity index (χ0n) is 15.0. The molecule has 25 heavy (non-hydrogen) atoms. The lowest BCUT2D eigenvalue weighted by Gasteiger charge is -2.18. The second-order valence-corrected chi connectivity index (χ2v) is 6.80. The van der Waals surface area contributed by atoms with E-state index in [9.17, 15) is 5.11 Å². The molecule has 3 N–H and O–H groups in total. The number of nitrogens with zero attached hydrogens (tertiary/aromatic N) is 1. The summed E-state index contributed by atoms with van der Waals surface area (Å²) >= 11 is 0. The summed E-state index contributed by atoms with van der Waals surface area (Å²) in [7, 11) is 1.67. The molecule has 0 spiro atoms. The number of hydrogen-bond acceptors (Lipinski definition) is 5. The highest BCUT2D eigenvalue weighted by molar-refractivity contribution is 6.07. The van der Waals surface area contributed by atoms with Crippen LogP contribution in [0.15, 0.2) is 42.5 Å². The summed E-state index contributed by atoms with van der Waals surface area (Å²) in [5, 5.41) is 18.7. The Morgan fingerprint density at radius 2 is 1.80 bits per heavy atom. The van der Waals surface area contributed by atoms with Crippen LogP contribution in [0, 0.1) is 0 Å². The third-order valence-electron chi connectivity index (χ3n) is 4.05. The van der Waals surface area contributed by atoms with Gasteiger partial charge in [-0.05, 0) is 38.1 Å². The first kappa shape index (κ1) is 17.5. The highest BCUT2D eigenvalue weighted by Gasteiger charge is 2.12. The predicted molar refractivity (Wildman–Crippen MR) is 103 cm³/mol. The summed E-state index contributed by atoms with van der Waals surface area (Å²) in [6, 6.07) is 14.1. The Balaban J connectivity index is 1.89. The lowest BCUT2D eigenvalue weighted by molar-refractivity contribution is 0.0804. The number of nitrogens with one attached hydrogen (secondary N) is 2. The maximum absolute atomic E-state index is 9.77. The normalized spacial score (nSPS) is 11.8. The second kappa shape index (κ2) is 7.25. The van der Waals surface area contributed by atoms with Gasteiger partial charge in [-0.3, -0.25) is 0 Å². The summed E-state index contributed by atoms with van der Waals surface area (Å²) in [6.45, 7) is 5.65. The van der Waals surface area contributed by atoms with Gasteiger partial charge in [0, 0.05) is 30.4 Å². The van der Waals surface area contributed by atoms with Gasteiger partial charge in [-0.15, -0.1) is 0 Å². The van der Waals surface area contributed by atoms with Crippen LogP contribution in [0.25, 0.3) is 21.8 Å². The molecule has 5 nitrogen and oxygen atoms in total. The smallest absolute Gasteiger partial charge is 0.119 e. The molecule has 0 radical (unpaired) electrons. The third kappa shape index (κ3) is 4.18. The monoisotopic (exact) mass is 339 g/mol. The number of aromatic nitrogens is 1. The van der Waals surface area contributed by atoms with Gasteiger partial charge in [0.2, 0.25) is 0 Å². The van der Waals surface area contributed by atoms with Crippen molar-refractivity contribution in [1.82, 2.24) is 10.3 Å². The lowest BCUT2D eigenvalue weighted by atomic mass is 10.1. The van der Waals surface area contributed by atoms with Crippen LogP contribution >= 0.6 is 0 Å². The number of para-hydroxylation sites is 1. The van der Waals surface area contributed by atoms with E-state index in [-0.39, 0.29) is 0 Å². The summed E-state index contributed by atoms with van der Waals surface area (Å²) in [5.74, 6) is 0.813. The first-order valence-corrected chi connectivity index (χ1v) is 8.51. The van der Waals surface area contributed by atoms with Crippen LogP contribution in [0.2, 0.25) is 0 Å². The van der Waals surface area contributed by atoms with E-state index in [1.807, 2.05) is 36.4 Å². The summed E-state index contributed by atoms with van der Waals surface area (Å²) < 4.78 is 5.37. The average molecular weight is 339 g/mol. The number of aliphatic hydroxyl groups is 1. The van der Waals surface area contributed by atoms with Crippen molar-refractivity contribution in [3.63, 3.8) is 0 Å². The first-order chi connectivity index (χ1) is 12.0. The maximum Gasteiger partial charge on any atom is 0.119 e. The summed E-state index contributed by atoms with van der Waals surface area (Å²) in [4.78, 5) is 4.75. The molecule has 5 heteroatoms. The predicted octanol–water partition coefficient (Wildman–Crippen LogP) is 3.17. The van der Waals surface area contributed by atoms with Crippen LogP contribution in [0.5, 0.6) is 5.75 Å². The number of rotatable bonds is 7. The molecule has 0 amide bonds. The van der Waals surface area contributed by atoms with Crippen molar-refractivity contribution in [2.75, 3.05) is 32.1 Å². The largest absolute Gasteiger partial charge is 0.497 e. The van der Waals surface area contributed by atoms with E-state index in [1.165, 1.54) is 0 Å². The molecule has 0 unspecified atom stereocenters. The van der Waals surface area contributed by atoms with Gasteiger partial charge in [0.1, 0.15) is 5.75 Å². The molecule has 3 aromatic rings. The fourth-order valence-corrected chi connectivity index (χ4v) is 2.86. The van der Waals surface area contributed by atoms with E-state index in [1.54, 1.807) is 21.0 Å². The molecule has 0 saturated heterocycles. The zero-order valence-corrected chi connectivity index (χ0v) is 15.0. The van der Waals surface area contributed by atoms with Crippen LogP contribution in [0.3, 0.4) is 0 Å². The van der Waals surface area contributed by atoms with E-state index >= 15 is 0 Å². The van der Waals surface area contributed by atoms with Crippen molar-refractivity contribution in [2.45, 2.75) is 19.4 Å². The molecule has 0 fully saturated rings. The maximum atomic E-state index is 9.77. The van der Waals surface area contributed by atoms with E-state index in [0.717, 1.165) is 46.3 Å². The quantitative estimate of drug-likeness (QED) is 0.456. The SMILES string of the molecule is COc1ccc2nc3ccccc3c(NCCNCC(C)(C)O)c2c1. The van der Waals surface area contributed by atoms with Crippen molar-refractivity contribution >= 4 is 27.5 Å². The molecular weight excluding hydrogens is 314 g/mol. The number of benzene rings is 2. The Kier molecular flexibility index (Phi) is 5.06. The molecule has 1 aromatic heterocycles. The van der Waals surface area contributed by atoms with Crippen molar-refractivity contribution in [2.24, 2.45) is 0 Å². The Labute approximate surface area is 148 Å². The van der Waals surface area contributed by atoms with E-state index in [4.69, 9.17) is 9.72 Å². The van der Waals surface area contributed by atoms with E-state index < -0.39 is 5.60 Å². The van der Waals surface area contributed by atoms with Crippen molar-refractivity contribution in [3.8, 4) is 5.75 Å². The Bertz CT molecular complexity index is 872. The highest BCUT2D eigenvalue weighted by Crippen LogP contribution is 2.32. The van der Waals surface area contributed by atoms with E-state index in [0.29, 0.717) is 6.54 Å². The molecule has 0 bridgehead atoms. The second-order valence-electron chi connectivity index (χ2n) is 6.80. The first-order valence-electron chi connectivity index (χ1n) is 8.51. The molecule has 2 aromatic carbocycles. The topological polar surface area (TPSA) is 66.4 Å². The molecular formula is C20H25N3O2. The van der Waals surface area contributed by atoms with Crippen molar-refractivity contribution in [1.29, 1.82) is 0 Å². The average Bonchev–Trinajstić information content (AvgIpc) is 2.59. The number of anilines is 1. The van der Waals surface area contributed by atoms with Gasteiger partial charge in [-0.25, -0.2) is 4.98 Å². The molecule has 1 heterocycles. The number of hydrogen-bond donors (Lipinski definition) is 3. The van der Waals surface area contributed by atoms with Crippen LogP contribution in [0.4, 0.5) is 5.69 Å². The summed E-state index contributed by atoms with van der Waals surface area (Å²) in [6.07, 6.45) is 0. The number of methoxy groups -OCH3 is 1. The molecule has 0 aliphatic carbocycles. The molecule has 0 saturated carbocycles. The lowest BCUT2D eigenvalue weighted by Crippen LogP contribution is -2.36. The Morgan fingerprint density at radius 1 is 1.04 bits per heavy atom. The molecule has 3 rings (SSSR count). The number of fused-ring (bicyclic) bond motifs is 2. The molecule has 0 aliphatic heterocycles. The van der Waals surface area contributed by atoms with Crippen LogP contribution in [0.1, 0.15) is 13.8 Å². The van der Waals surface area contributed by atoms with Gasteiger partial charge >= 0.3 is 0 Å². The molecule has 0 atom stereocenters. The van der Waals surface area contributed by atoms with Gasteiger partial charge in [0.05, 0.1) is 29.4 Å². The Hall–Kier alpha value is -2.37. The number of ether oxygens (including phenoxy) is 1. The van der Waals surface area contributed by atoms with Gasteiger partial charge in [-0.1, -0.05) is 18.2 Å². The van der Waals surface area contributed by atoms with Crippen LogP contribution < -0.4 is 15.4 Å². The highest BCUT2D eigenvalue weighted by atomic mass is 16.5.